The summed E-state index contributed by atoms with van der Waals surface area (Å²) in [7, 11) is -3.45. The third-order valence-corrected chi connectivity index (χ3v) is 6.15. The lowest BCUT2D eigenvalue weighted by Gasteiger charge is -2.14. The normalized spacial score (nSPS) is 12.5. The number of sulfone groups is 1. The molecule has 2 aromatic rings. The van der Waals surface area contributed by atoms with Crippen molar-refractivity contribution in [3.05, 3.63) is 65.7 Å². The van der Waals surface area contributed by atoms with Crippen molar-refractivity contribution in [2.75, 3.05) is 18.9 Å². The quantitative estimate of drug-likeness (QED) is 0.628. The molecule has 27 heavy (non-hydrogen) atoms. The second-order valence-corrected chi connectivity index (χ2v) is 8.43. The molecule has 1 atom stereocenters. The SMILES string of the molecule is CCCS(=O)(=O)c1ccccc1C(=O)NCCCOC(C)c1ccccc1. The van der Waals surface area contributed by atoms with Crippen LogP contribution in [0.25, 0.3) is 0 Å². The zero-order valence-electron chi connectivity index (χ0n) is 15.9. The fourth-order valence-corrected chi connectivity index (χ4v) is 4.29. The number of hydrogen-bond donors (Lipinski definition) is 1. The highest BCUT2D eigenvalue weighted by molar-refractivity contribution is 7.91. The zero-order chi connectivity index (χ0) is 19.7. The maximum absolute atomic E-state index is 12.4. The Morgan fingerprint density at radius 3 is 2.44 bits per heavy atom. The predicted octanol–water partition coefficient (Wildman–Crippen LogP) is 3.77. The van der Waals surface area contributed by atoms with E-state index in [4.69, 9.17) is 4.74 Å². The number of rotatable bonds is 10. The fraction of sp³-hybridized carbons (Fsp3) is 0.381. The van der Waals surface area contributed by atoms with Gasteiger partial charge in [0.05, 0.1) is 22.3 Å². The van der Waals surface area contributed by atoms with Gasteiger partial charge in [0.25, 0.3) is 5.91 Å². The van der Waals surface area contributed by atoms with E-state index in [0.29, 0.717) is 26.0 Å². The molecule has 0 aliphatic rings. The number of carbonyl (C=O) groups is 1. The van der Waals surface area contributed by atoms with E-state index in [-0.39, 0.29) is 28.2 Å². The molecule has 0 saturated carbocycles. The Bertz CT molecular complexity index is 834. The third kappa shape index (κ3) is 6.19. The van der Waals surface area contributed by atoms with Crippen molar-refractivity contribution in [2.45, 2.75) is 37.7 Å². The van der Waals surface area contributed by atoms with E-state index in [2.05, 4.69) is 5.32 Å². The van der Waals surface area contributed by atoms with Crippen LogP contribution < -0.4 is 5.32 Å². The molecule has 0 saturated heterocycles. The summed E-state index contributed by atoms with van der Waals surface area (Å²) in [6.45, 7) is 4.72. The number of benzene rings is 2. The van der Waals surface area contributed by atoms with Gasteiger partial charge in [0, 0.05) is 13.2 Å². The number of nitrogens with one attached hydrogen (secondary N) is 1. The first kappa shape index (κ1) is 21.1. The summed E-state index contributed by atoms with van der Waals surface area (Å²) < 4.78 is 30.5. The second-order valence-electron chi connectivity index (χ2n) is 6.35. The van der Waals surface area contributed by atoms with E-state index in [1.807, 2.05) is 37.3 Å². The second kappa shape index (κ2) is 10.2. The highest BCUT2D eigenvalue weighted by Gasteiger charge is 2.21. The van der Waals surface area contributed by atoms with Crippen LogP contribution in [0, 0.1) is 0 Å². The van der Waals surface area contributed by atoms with Crippen molar-refractivity contribution < 1.29 is 17.9 Å². The first-order chi connectivity index (χ1) is 13.0. The predicted molar refractivity (Wildman–Crippen MR) is 107 cm³/mol. The highest BCUT2D eigenvalue weighted by atomic mass is 32.2. The van der Waals surface area contributed by atoms with E-state index in [1.165, 1.54) is 6.07 Å². The molecular formula is C21H27NO4S. The average Bonchev–Trinajstić information content (AvgIpc) is 2.68. The van der Waals surface area contributed by atoms with Crippen LogP contribution >= 0.6 is 0 Å². The first-order valence-corrected chi connectivity index (χ1v) is 10.9. The highest BCUT2D eigenvalue weighted by Crippen LogP contribution is 2.18. The number of carbonyl (C=O) groups excluding carboxylic acids is 1. The monoisotopic (exact) mass is 389 g/mol. The minimum atomic E-state index is -3.45. The fourth-order valence-electron chi connectivity index (χ4n) is 2.75. The Hall–Kier alpha value is -2.18. The molecule has 1 amide bonds. The van der Waals surface area contributed by atoms with Gasteiger partial charge in [-0.3, -0.25) is 4.79 Å². The van der Waals surface area contributed by atoms with E-state index < -0.39 is 9.84 Å². The molecule has 5 nitrogen and oxygen atoms in total. The molecule has 0 aromatic heterocycles. The van der Waals surface area contributed by atoms with Crippen LogP contribution in [-0.4, -0.2) is 33.2 Å². The van der Waals surface area contributed by atoms with Crippen molar-refractivity contribution in [3.8, 4) is 0 Å². The van der Waals surface area contributed by atoms with Crippen molar-refractivity contribution in [2.24, 2.45) is 0 Å². The van der Waals surface area contributed by atoms with Gasteiger partial charge in [-0.25, -0.2) is 8.42 Å². The molecule has 146 valence electrons. The van der Waals surface area contributed by atoms with Crippen LogP contribution in [0.15, 0.2) is 59.5 Å². The number of amides is 1. The van der Waals surface area contributed by atoms with Crippen LogP contribution in [-0.2, 0) is 14.6 Å². The maximum atomic E-state index is 12.4. The summed E-state index contributed by atoms with van der Waals surface area (Å²) in [5.41, 5.74) is 1.31. The number of hydrogen-bond acceptors (Lipinski definition) is 4. The Labute approximate surface area is 161 Å². The molecule has 1 N–H and O–H groups in total. The first-order valence-electron chi connectivity index (χ1n) is 9.22. The van der Waals surface area contributed by atoms with Crippen LogP contribution in [0.5, 0.6) is 0 Å². The summed E-state index contributed by atoms with van der Waals surface area (Å²) in [4.78, 5) is 12.5. The van der Waals surface area contributed by atoms with Crippen LogP contribution in [0.3, 0.4) is 0 Å². The lowest BCUT2D eigenvalue weighted by molar-refractivity contribution is 0.0634. The molecule has 2 aromatic carbocycles. The van der Waals surface area contributed by atoms with E-state index in [1.54, 1.807) is 25.1 Å². The molecule has 0 radical (unpaired) electrons. The molecule has 0 aliphatic heterocycles. The van der Waals surface area contributed by atoms with Crippen molar-refractivity contribution >= 4 is 15.7 Å². The Kier molecular flexibility index (Phi) is 8.00. The molecular weight excluding hydrogens is 362 g/mol. The third-order valence-electron chi connectivity index (χ3n) is 4.18. The molecule has 0 aliphatic carbocycles. The van der Waals surface area contributed by atoms with Gasteiger partial charge < -0.3 is 10.1 Å². The van der Waals surface area contributed by atoms with Gasteiger partial charge in [-0.15, -0.1) is 0 Å². The molecule has 1 unspecified atom stereocenters. The summed E-state index contributed by atoms with van der Waals surface area (Å²) in [5.74, 6) is -0.343. The summed E-state index contributed by atoms with van der Waals surface area (Å²) in [6, 6.07) is 16.3. The molecule has 0 bridgehead atoms. The van der Waals surface area contributed by atoms with Crippen molar-refractivity contribution in [1.29, 1.82) is 0 Å². The Morgan fingerprint density at radius 2 is 1.74 bits per heavy atom. The lowest BCUT2D eigenvalue weighted by Crippen LogP contribution is -2.27. The standard InChI is InChI=1S/C21H27NO4S/c1-3-16-27(24,25)20-13-8-7-12-19(20)21(23)22-14-9-15-26-17(2)18-10-5-4-6-11-18/h4-8,10-13,17H,3,9,14-16H2,1-2H3,(H,22,23). The van der Waals surface area contributed by atoms with Crippen molar-refractivity contribution in [1.82, 2.24) is 5.32 Å². The van der Waals surface area contributed by atoms with Gasteiger partial charge in [-0.05, 0) is 37.5 Å². The van der Waals surface area contributed by atoms with Gasteiger partial charge >= 0.3 is 0 Å². The molecule has 0 fully saturated rings. The topological polar surface area (TPSA) is 72.5 Å². The van der Waals surface area contributed by atoms with E-state index in [9.17, 15) is 13.2 Å². The van der Waals surface area contributed by atoms with Gasteiger partial charge in [0.2, 0.25) is 0 Å². The minimum Gasteiger partial charge on any atom is -0.374 e. The van der Waals surface area contributed by atoms with E-state index >= 15 is 0 Å². The van der Waals surface area contributed by atoms with Crippen LogP contribution in [0.2, 0.25) is 0 Å². The zero-order valence-corrected chi connectivity index (χ0v) is 16.7. The average molecular weight is 390 g/mol. The summed E-state index contributed by atoms with van der Waals surface area (Å²) >= 11 is 0. The Balaban J connectivity index is 1.85. The van der Waals surface area contributed by atoms with Gasteiger partial charge in [-0.1, -0.05) is 49.4 Å². The Morgan fingerprint density at radius 1 is 1.07 bits per heavy atom. The largest absolute Gasteiger partial charge is 0.374 e. The molecule has 0 spiro atoms. The van der Waals surface area contributed by atoms with Crippen LogP contribution in [0.1, 0.15) is 48.7 Å². The molecule has 2 rings (SSSR count). The molecule has 6 heteroatoms. The maximum Gasteiger partial charge on any atom is 0.252 e. The van der Waals surface area contributed by atoms with Crippen LogP contribution in [0.4, 0.5) is 0 Å². The number of ether oxygens (including phenoxy) is 1. The molecule has 0 heterocycles. The smallest absolute Gasteiger partial charge is 0.252 e. The minimum absolute atomic E-state index is 0.0122. The van der Waals surface area contributed by atoms with Gasteiger partial charge in [0.1, 0.15) is 0 Å². The van der Waals surface area contributed by atoms with Crippen molar-refractivity contribution in [3.63, 3.8) is 0 Å². The summed E-state index contributed by atoms with van der Waals surface area (Å²) in [5, 5.41) is 2.78. The van der Waals surface area contributed by atoms with E-state index in [0.717, 1.165) is 5.56 Å². The van der Waals surface area contributed by atoms with Gasteiger partial charge in [-0.2, -0.15) is 0 Å². The van der Waals surface area contributed by atoms with Gasteiger partial charge in [0.15, 0.2) is 9.84 Å². The lowest BCUT2D eigenvalue weighted by atomic mass is 10.1. The summed E-state index contributed by atoms with van der Waals surface area (Å²) in [6.07, 6.45) is 1.14.